The highest BCUT2D eigenvalue weighted by Crippen LogP contribution is 2.41. The normalized spacial score (nSPS) is 21.8. The minimum absolute atomic E-state index is 0.00765. The fourth-order valence-corrected chi connectivity index (χ4v) is 5.51. The first-order valence-electron chi connectivity index (χ1n) is 12.5. The molecule has 2 aliphatic rings. The van der Waals surface area contributed by atoms with Crippen LogP contribution in [-0.2, 0) is 9.59 Å². The minimum Gasteiger partial charge on any atom is -0.351 e. The van der Waals surface area contributed by atoms with E-state index in [4.69, 9.17) is 0 Å². The molecule has 174 valence electrons. The third-order valence-corrected chi connectivity index (χ3v) is 7.28. The average molecular weight is 437 g/mol. The summed E-state index contributed by atoms with van der Waals surface area (Å²) in [5.41, 5.74) is 0.760. The quantitative estimate of drug-likeness (QED) is 0.500. The number of nitrogens with one attached hydrogen (secondary N) is 1. The second kappa shape index (κ2) is 12.0. The Bertz CT molecular complexity index is 767. The number of amides is 2. The molecule has 2 amide bonds. The first-order valence-corrected chi connectivity index (χ1v) is 12.5. The van der Waals surface area contributed by atoms with Gasteiger partial charge < -0.3 is 10.2 Å². The number of nitrogens with zero attached hydrogens (tertiary/aromatic N) is 1. The lowest BCUT2D eigenvalue weighted by Gasteiger charge is -2.40. The Labute approximate surface area is 194 Å². The van der Waals surface area contributed by atoms with Crippen LogP contribution >= 0.6 is 0 Å². The van der Waals surface area contributed by atoms with E-state index in [2.05, 4.69) is 18.5 Å². The smallest absolute Gasteiger partial charge is 0.229 e. The molecular formula is C28H40N2O2. The number of allylic oxidation sites excluding steroid dienone is 2. The number of likely N-dealkylation sites (tertiary alicyclic amines) is 1. The molecule has 2 fully saturated rings. The molecule has 32 heavy (non-hydrogen) atoms. The zero-order valence-corrected chi connectivity index (χ0v) is 19.6. The standard InChI is InChI=1S/C28H40N2O2/c1-3-5-17-25(23-14-8-6-9-15-23)26(31)29-24-16-10-13-21-30(22-24)27(32)28(18-4-2)19-11-7-12-20-28/h3-4,6,8-9,14-15,24-25H,1-2,5,7,10-13,16-22H2,(H,29,31). The van der Waals surface area contributed by atoms with Crippen LogP contribution in [0.15, 0.2) is 55.6 Å². The van der Waals surface area contributed by atoms with E-state index in [0.29, 0.717) is 6.54 Å². The number of hydrogen-bond acceptors (Lipinski definition) is 2. The molecule has 3 rings (SSSR count). The van der Waals surface area contributed by atoms with Crippen molar-refractivity contribution in [2.75, 3.05) is 13.1 Å². The average Bonchev–Trinajstić information content (AvgIpc) is 3.06. The lowest BCUT2D eigenvalue weighted by molar-refractivity contribution is -0.144. The molecule has 2 atom stereocenters. The van der Waals surface area contributed by atoms with E-state index >= 15 is 0 Å². The van der Waals surface area contributed by atoms with Gasteiger partial charge in [-0.1, -0.05) is 61.7 Å². The van der Waals surface area contributed by atoms with Crippen molar-refractivity contribution in [1.82, 2.24) is 10.2 Å². The predicted molar refractivity (Wildman–Crippen MR) is 131 cm³/mol. The maximum absolute atomic E-state index is 13.7. The summed E-state index contributed by atoms with van der Waals surface area (Å²) < 4.78 is 0. The van der Waals surface area contributed by atoms with Gasteiger partial charge in [0.1, 0.15) is 0 Å². The second-order valence-electron chi connectivity index (χ2n) is 9.62. The molecule has 1 aromatic rings. The largest absolute Gasteiger partial charge is 0.351 e. The molecule has 0 radical (unpaired) electrons. The van der Waals surface area contributed by atoms with Crippen molar-refractivity contribution in [2.45, 2.75) is 82.6 Å². The first-order chi connectivity index (χ1) is 15.6. The molecule has 0 spiro atoms. The monoisotopic (exact) mass is 436 g/mol. The van der Waals surface area contributed by atoms with Crippen LogP contribution in [-0.4, -0.2) is 35.8 Å². The van der Waals surface area contributed by atoms with Gasteiger partial charge in [0.05, 0.1) is 11.3 Å². The lowest BCUT2D eigenvalue weighted by Crippen LogP contribution is -2.50. The van der Waals surface area contributed by atoms with Gasteiger partial charge in [-0.15, -0.1) is 13.2 Å². The van der Waals surface area contributed by atoms with Gasteiger partial charge in [-0.05, 0) is 56.9 Å². The number of carbonyl (C=O) groups excluding carboxylic acids is 2. The summed E-state index contributed by atoms with van der Waals surface area (Å²) in [7, 11) is 0. The highest BCUT2D eigenvalue weighted by atomic mass is 16.2. The van der Waals surface area contributed by atoms with Crippen molar-refractivity contribution in [3.8, 4) is 0 Å². The molecule has 1 saturated heterocycles. The van der Waals surface area contributed by atoms with Crippen molar-refractivity contribution in [1.29, 1.82) is 0 Å². The van der Waals surface area contributed by atoms with Crippen molar-refractivity contribution in [3.63, 3.8) is 0 Å². The highest BCUT2D eigenvalue weighted by Gasteiger charge is 2.41. The van der Waals surface area contributed by atoms with Crippen LogP contribution in [0.1, 0.15) is 82.1 Å². The van der Waals surface area contributed by atoms with Crippen LogP contribution in [0.5, 0.6) is 0 Å². The van der Waals surface area contributed by atoms with Gasteiger partial charge in [-0.2, -0.15) is 0 Å². The zero-order chi connectivity index (χ0) is 22.8. The predicted octanol–water partition coefficient (Wildman–Crippen LogP) is 5.76. The summed E-state index contributed by atoms with van der Waals surface area (Å²) >= 11 is 0. The van der Waals surface area contributed by atoms with Gasteiger partial charge in [0.25, 0.3) is 0 Å². The molecule has 4 nitrogen and oxygen atoms in total. The molecule has 1 aliphatic carbocycles. The van der Waals surface area contributed by atoms with Gasteiger partial charge in [-0.3, -0.25) is 9.59 Å². The van der Waals surface area contributed by atoms with Gasteiger partial charge in [0.15, 0.2) is 0 Å². The van der Waals surface area contributed by atoms with E-state index in [9.17, 15) is 9.59 Å². The molecule has 1 heterocycles. The summed E-state index contributed by atoms with van der Waals surface area (Å²) in [5, 5.41) is 3.31. The van der Waals surface area contributed by atoms with Crippen LogP contribution in [0, 0.1) is 5.41 Å². The Hall–Kier alpha value is -2.36. The number of rotatable bonds is 9. The van der Waals surface area contributed by atoms with Crippen molar-refractivity contribution < 1.29 is 9.59 Å². The molecule has 1 aromatic carbocycles. The maximum Gasteiger partial charge on any atom is 0.229 e. The van der Waals surface area contributed by atoms with E-state index in [1.807, 2.05) is 47.4 Å². The summed E-state index contributed by atoms with van der Waals surface area (Å²) in [6.07, 6.45) is 14.4. The van der Waals surface area contributed by atoms with Gasteiger partial charge in [0, 0.05) is 19.1 Å². The lowest BCUT2D eigenvalue weighted by atomic mass is 9.70. The summed E-state index contributed by atoms with van der Waals surface area (Å²) in [5.74, 6) is 0.160. The van der Waals surface area contributed by atoms with E-state index in [1.54, 1.807) is 0 Å². The Morgan fingerprint density at radius 3 is 2.50 bits per heavy atom. The molecule has 1 saturated carbocycles. The molecule has 1 N–H and O–H groups in total. The SMILES string of the molecule is C=CCCC(C(=O)NC1CCCCN(C(=O)C2(CC=C)CCCCC2)C1)c1ccccc1. The first kappa shape index (κ1) is 24.3. The number of hydrogen-bond donors (Lipinski definition) is 1. The molecule has 1 aliphatic heterocycles. The summed E-state index contributed by atoms with van der Waals surface area (Å²) in [4.78, 5) is 29.1. The van der Waals surface area contributed by atoms with Crippen LogP contribution in [0.2, 0.25) is 0 Å². The Kier molecular flexibility index (Phi) is 9.13. The second-order valence-corrected chi connectivity index (χ2v) is 9.62. The van der Waals surface area contributed by atoms with Crippen LogP contribution < -0.4 is 5.32 Å². The maximum atomic E-state index is 13.7. The van der Waals surface area contributed by atoms with Crippen molar-refractivity contribution in [2.24, 2.45) is 5.41 Å². The fourth-order valence-electron chi connectivity index (χ4n) is 5.51. The Morgan fingerprint density at radius 1 is 1.06 bits per heavy atom. The highest BCUT2D eigenvalue weighted by molar-refractivity contribution is 5.85. The topological polar surface area (TPSA) is 49.4 Å². The van der Waals surface area contributed by atoms with Crippen LogP contribution in [0.25, 0.3) is 0 Å². The number of benzene rings is 1. The summed E-state index contributed by atoms with van der Waals surface area (Å²) in [6, 6.07) is 10.0. The molecule has 2 unspecified atom stereocenters. The molecular weight excluding hydrogens is 396 g/mol. The summed E-state index contributed by atoms with van der Waals surface area (Å²) in [6.45, 7) is 9.18. The third-order valence-electron chi connectivity index (χ3n) is 7.28. The van der Waals surface area contributed by atoms with E-state index < -0.39 is 0 Å². The Morgan fingerprint density at radius 2 is 1.81 bits per heavy atom. The van der Waals surface area contributed by atoms with E-state index in [-0.39, 0.29) is 29.2 Å². The van der Waals surface area contributed by atoms with Gasteiger partial charge in [0.2, 0.25) is 11.8 Å². The number of carbonyl (C=O) groups is 2. The van der Waals surface area contributed by atoms with Crippen molar-refractivity contribution >= 4 is 11.8 Å². The van der Waals surface area contributed by atoms with Crippen LogP contribution in [0.4, 0.5) is 0 Å². The zero-order valence-electron chi connectivity index (χ0n) is 19.6. The van der Waals surface area contributed by atoms with Crippen LogP contribution in [0.3, 0.4) is 0 Å². The van der Waals surface area contributed by atoms with Crippen molar-refractivity contribution in [3.05, 3.63) is 61.2 Å². The fraction of sp³-hybridized carbons (Fsp3) is 0.571. The Balaban J connectivity index is 1.70. The molecule has 0 aromatic heterocycles. The van der Waals surface area contributed by atoms with Gasteiger partial charge >= 0.3 is 0 Å². The third kappa shape index (κ3) is 6.11. The van der Waals surface area contributed by atoms with E-state index in [0.717, 1.165) is 76.3 Å². The molecule has 4 heteroatoms. The minimum atomic E-state index is -0.282. The van der Waals surface area contributed by atoms with Gasteiger partial charge in [-0.25, -0.2) is 0 Å². The molecule has 0 bridgehead atoms. The van der Waals surface area contributed by atoms with E-state index in [1.165, 1.54) is 6.42 Å².